The number of halogens is 10. The van der Waals surface area contributed by atoms with Crippen LogP contribution in [0.5, 0.6) is 5.75 Å². The van der Waals surface area contributed by atoms with E-state index in [0.717, 1.165) is 24.1 Å². The Balaban J connectivity index is 1.84. The summed E-state index contributed by atoms with van der Waals surface area (Å²) in [5.74, 6) is 0.258. The van der Waals surface area contributed by atoms with E-state index in [1.807, 2.05) is 0 Å². The van der Waals surface area contributed by atoms with Crippen molar-refractivity contribution < 1.29 is 53.8 Å². The van der Waals surface area contributed by atoms with Crippen molar-refractivity contribution in [2.75, 3.05) is 14.2 Å². The van der Waals surface area contributed by atoms with E-state index in [2.05, 4.69) is 0 Å². The number of alkyl halides is 9. The fourth-order valence-corrected chi connectivity index (χ4v) is 5.50. The van der Waals surface area contributed by atoms with Crippen LogP contribution in [0.2, 0.25) is 5.02 Å². The minimum absolute atomic E-state index is 0.00762. The van der Waals surface area contributed by atoms with Crippen molar-refractivity contribution >= 4 is 17.7 Å². The summed E-state index contributed by atoms with van der Waals surface area (Å²) in [4.78, 5) is 14.1. The van der Waals surface area contributed by atoms with Crippen LogP contribution in [0.3, 0.4) is 0 Å². The molecule has 0 N–H and O–H groups in total. The quantitative estimate of drug-likeness (QED) is 0.261. The van der Waals surface area contributed by atoms with Gasteiger partial charge in [0.25, 0.3) is 0 Å². The van der Waals surface area contributed by atoms with Crippen LogP contribution in [0.25, 0.3) is 11.1 Å². The average Bonchev–Trinajstić information content (AvgIpc) is 3.33. The molecule has 0 aliphatic carbocycles. The maximum Gasteiger partial charge on any atom is 0.416 e. The molecule has 0 saturated carbocycles. The molecule has 1 aliphatic rings. The van der Waals surface area contributed by atoms with Crippen molar-refractivity contribution in [3.05, 3.63) is 87.4 Å². The number of hydrogen-bond acceptors (Lipinski definition) is 3. The first-order valence-electron chi connectivity index (χ1n) is 12.6. The predicted octanol–water partition coefficient (Wildman–Crippen LogP) is 9.59. The lowest BCUT2D eigenvalue weighted by molar-refractivity contribution is -0.143. The number of ether oxygens (including phenoxy) is 2. The zero-order valence-electron chi connectivity index (χ0n) is 22.4. The third kappa shape index (κ3) is 6.97. The molecule has 4 nitrogen and oxygen atoms in total. The molecule has 1 amide bonds. The molecule has 0 bridgehead atoms. The number of carbonyl (C=O) groups excluding carboxylic acids is 1. The zero-order valence-corrected chi connectivity index (χ0v) is 23.2. The lowest BCUT2D eigenvalue weighted by Gasteiger charge is -2.31. The Bertz CT molecular complexity index is 1470. The highest BCUT2D eigenvalue weighted by Crippen LogP contribution is 2.46. The molecule has 0 radical (unpaired) electrons. The normalized spacial score (nSPS) is 17.7. The molecule has 14 heteroatoms. The Labute approximate surface area is 244 Å². The number of rotatable bonds is 5. The number of amides is 1. The van der Waals surface area contributed by atoms with E-state index >= 15 is 0 Å². The van der Waals surface area contributed by atoms with E-state index in [9.17, 15) is 44.3 Å². The number of likely N-dealkylation sites (tertiary alicyclic amines) is 1. The van der Waals surface area contributed by atoms with Gasteiger partial charge in [-0.25, -0.2) is 4.79 Å². The van der Waals surface area contributed by atoms with E-state index < -0.39 is 59.8 Å². The van der Waals surface area contributed by atoms with Gasteiger partial charge in [0.2, 0.25) is 0 Å². The Morgan fingerprint density at radius 3 is 1.93 bits per heavy atom. The molecule has 1 fully saturated rings. The van der Waals surface area contributed by atoms with Crippen LogP contribution >= 0.6 is 11.6 Å². The summed E-state index contributed by atoms with van der Waals surface area (Å²) in [6.07, 6.45) is -16.3. The number of hydrogen-bond donors (Lipinski definition) is 0. The first kappa shape index (κ1) is 32.3. The monoisotopic (exact) mass is 639 g/mol. The summed E-state index contributed by atoms with van der Waals surface area (Å²) in [5, 5.41) is 0.237. The molecule has 0 spiro atoms. The SMILES string of the molecule is COC(=O)N1[C@H](Cc2cc(C(F)(F)F)cc(C(F)(F)F)c2)CC[C@H]1c1cc(C(F)(F)F)ccc1-c1cc(Cl)ccc1OC. The van der Waals surface area contributed by atoms with E-state index in [1.54, 1.807) is 0 Å². The number of carbonyl (C=O) groups is 1. The van der Waals surface area contributed by atoms with Gasteiger partial charge in [0, 0.05) is 16.6 Å². The van der Waals surface area contributed by atoms with E-state index in [4.69, 9.17) is 21.1 Å². The van der Waals surface area contributed by atoms with E-state index in [-0.39, 0.29) is 46.4 Å². The Kier molecular flexibility index (Phi) is 8.88. The Hall–Kier alpha value is -3.61. The maximum absolute atomic E-state index is 13.8. The minimum Gasteiger partial charge on any atom is -0.496 e. The van der Waals surface area contributed by atoms with Gasteiger partial charge >= 0.3 is 24.6 Å². The van der Waals surface area contributed by atoms with Gasteiger partial charge in [-0.1, -0.05) is 17.7 Å². The topological polar surface area (TPSA) is 38.8 Å². The minimum atomic E-state index is -5.08. The summed E-state index contributed by atoms with van der Waals surface area (Å²) in [6, 6.07) is 6.36. The second-order valence-electron chi connectivity index (χ2n) is 9.89. The molecule has 3 aromatic carbocycles. The fraction of sp³-hybridized carbons (Fsp3) is 0.345. The van der Waals surface area contributed by atoms with Gasteiger partial charge in [-0.15, -0.1) is 0 Å². The first-order valence-corrected chi connectivity index (χ1v) is 13.0. The molecule has 4 rings (SSSR count). The van der Waals surface area contributed by atoms with Crippen LogP contribution in [0.4, 0.5) is 44.3 Å². The molecule has 1 heterocycles. The lowest BCUT2D eigenvalue weighted by atomic mass is 9.91. The van der Waals surface area contributed by atoms with Crippen molar-refractivity contribution in [2.24, 2.45) is 0 Å². The van der Waals surface area contributed by atoms with Gasteiger partial charge in [-0.05, 0) is 84.5 Å². The standard InChI is InChI=1S/C29H23ClF9NO3/c1-42-25-8-4-19(30)14-23(25)21-6-3-16(27(31,32)33)13-22(21)24-7-5-20(40(24)26(41)43-2)11-15-9-17(28(34,35)36)12-18(10-15)29(37,38)39/h3-4,6,8-10,12-14,20,24H,5,7,11H2,1-2H3/t20-,24-/m0/s1. The van der Waals surface area contributed by atoms with Crippen molar-refractivity contribution in [1.29, 1.82) is 0 Å². The Morgan fingerprint density at radius 1 is 0.791 bits per heavy atom. The highest BCUT2D eigenvalue weighted by atomic mass is 35.5. The van der Waals surface area contributed by atoms with Crippen LogP contribution in [-0.4, -0.2) is 31.3 Å². The van der Waals surface area contributed by atoms with Gasteiger partial charge in [0.05, 0.1) is 37.0 Å². The van der Waals surface area contributed by atoms with Crippen LogP contribution < -0.4 is 4.74 Å². The molecular weight excluding hydrogens is 617 g/mol. The fourth-order valence-electron chi connectivity index (χ4n) is 5.33. The number of methoxy groups -OCH3 is 2. The molecule has 1 saturated heterocycles. The second-order valence-corrected chi connectivity index (χ2v) is 10.3. The average molecular weight is 640 g/mol. The van der Waals surface area contributed by atoms with Crippen molar-refractivity contribution in [1.82, 2.24) is 4.90 Å². The van der Waals surface area contributed by atoms with Crippen molar-refractivity contribution in [3.63, 3.8) is 0 Å². The highest BCUT2D eigenvalue weighted by Gasteiger charge is 2.42. The van der Waals surface area contributed by atoms with Crippen LogP contribution in [0, 0.1) is 0 Å². The van der Waals surface area contributed by atoms with Crippen molar-refractivity contribution in [2.45, 2.75) is 49.9 Å². The zero-order chi connectivity index (χ0) is 31.9. The largest absolute Gasteiger partial charge is 0.496 e. The summed E-state index contributed by atoms with van der Waals surface area (Å²) < 4.78 is 132. The maximum atomic E-state index is 13.8. The van der Waals surface area contributed by atoms with E-state index in [0.29, 0.717) is 17.7 Å². The van der Waals surface area contributed by atoms with Crippen LogP contribution in [0.15, 0.2) is 54.6 Å². The van der Waals surface area contributed by atoms with Gasteiger partial charge in [0.15, 0.2) is 0 Å². The Morgan fingerprint density at radius 2 is 1.40 bits per heavy atom. The molecule has 232 valence electrons. The number of nitrogens with zero attached hydrogens (tertiary/aromatic N) is 1. The summed E-state index contributed by atoms with van der Waals surface area (Å²) in [6.45, 7) is 0. The highest BCUT2D eigenvalue weighted by molar-refractivity contribution is 6.31. The smallest absolute Gasteiger partial charge is 0.416 e. The molecule has 1 aliphatic heterocycles. The number of benzene rings is 3. The van der Waals surface area contributed by atoms with Gasteiger partial charge in [0.1, 0.15) is 5.75 Å². The first-order chi connectivity index (χ1) is 19.9. The summed E-state index contributed by atoms with van der Waals surface area (Å²) in [7, 11) is 2.35. The third-order valence-electron chi connectivity index (χ3n) is 7.20. The van der Waals surface area contributed by atoms with Gasteiger partial charge < -0.3 is 9.47 Å². The molecule has 3 aromatic rings. The van der Waals surface area contributed by atoms with Crippen molar-refractivity contribution in [3.8, 4) is 16.9 Å². The second kappa shape index (κ2) is 11.8. The third-order valence-corrected chi connectivity index (χ3v) is 7.43. The van der Waals surface area contributed by atoms with Gasteiger partial charge in [-0.3, -0.25) is 4.90 Å². The molecule has 0 aromatic heterocycles. The molecular formula is C29H23ClF9NO3. The molecule has 43 heavy (non-hydrogen) atoms. The summed E-state index contributed by atoms with van der Waals surface area (Å²) in [5.41, 5.74) is -3.89. The molecule has 2 atom stereocenters. The summed E-state index contributed by atoms with van der Waals surface area (Å²) >= 11 is 6.16. The van der Waals surface area contributed by atoms with Crippen LogP contribution in [0.1, 0.15) is 46.7 Å². The molecule has 0 unspecified atom stereocenters. The lowest BCUT2D eigenvalue weighted by Crippen LogP contribution is -2.38. The van der Waals surface area contributed by atoms with Gasteiger partial charge in [-0.2, -0.15) is 39.5 Å². The van der Waals surface area contributed by atoms with Crippen LogP contribution in [-0.2, 0) is 29.7 Å². The predicted molar refractivity (Wildman–Crippen MR) is 139 cm³/mol. The van der Waals surface area contributed by atoms with E-state index in [1.165, 1.54) is 31.4 Å².